The predicted molar refractivity (Wildman–Crippen MR) is 59.1 cm³/mol. The molecular weight excluding hydrogens is 267 g/mol. The molecule has 0 atom stereocenters. The van der Waals surface area contributed by atoms with Crippen LogP contribution in [0, 0.1) is 18.3 Å². The van der Waals surface area contributed by atoms with Gasteiger partial charge in [0.1, 0.15) is 6.07 Å². The summed E-state index contributed by atoms with van der Waals surface area (Å²) >= 11 is -0.492. The zero-order valence-corrected chi connectivity index (χ0v) is 10.3. The first-order valence-electron chi connectivity index (χ1n) is 4.67. The van der Waals surface area contributed by atoms with E-state index in [1.54, 1.807) is 13.0 Å². The van der Waals surface area contributed by atoms with Gasteiger partial charge >= 0.3 is 11.5 Å². The molecule has 0 aliphatic rings. The Labute approximate surface area is 106 Å². The molecule has 1 aromatic rings. The minimum Gasteiger partial charge on any atom is -0.465 e. The highest BCUT2D eigenvalue weighted by Gasteiger charge is 2.33. The van der Waals surface area contributed by atoms with Gasteiger partial charge in [0.05, 0.1) is 18.2 Å². The van der Waals surface area contributed by atoms with Gasteiger partial charge in [-0.1, -0.05) is 0 Å². The van der Waals surface area contributed by atoms with E-state index < -0.39 is 28.1 Å². The largest absolute Gasteiger partial charge is 0.465 e. The fourth-order valence-electron chi connectivity index (χ4n) is 1.34. The third kappa shape index (κ3) is 3.40. The minimum absolute atomic E-state index is 0.197. The number of halogens is 3. The Morgan fingerprint density at radius 2 is 2.06 bits per heavy atom. The number of ether oxygens (including phenoxy) is 1. The molecule has 0 unspecified atom stereocenters. The Morgan fingerprint density at radius 1 is 1.44 bits per heavy atom. The van der Waals surface area contributed by atoms with Crippen LogP contribution in [0.4, 0.5) is 13.2 Å². The van der Waals surface area contributed by atoms with E-state index >= 15 is 0 Å². The van der Waals surface area contributed by atoms with Crippen molar-refractivity contribution >= 4 is 17.7 Å². The Kier molecular flexibility index (Phi) is 4.24. The van der Waals surface area contributed by atoms with Gasteiger partial charge in [-0.3, -0.25) is 0 Å². The molecule has 0 spiro atoms. The highest BCUT2D eigenvalue weighted by Crippen LogP contribution is 2.40. The molecule has 0 saturated heterocycles. The first-order valence-corrected chi connectivity index (χ1v) is 5.49. The second-order valence-corrected chi connectivity index (χ2v) is 4.42. The molecule has 3 nitrogen and oxygen atoms in total. The van der Waals surface area contributed by atoms with Crippen molar-refractivity contribution in [3.05, 3.63) is 28.8 Å². The monoisotopic (exact) mass is 275 g/mol. The fourth-order valence-corrected chi connectivity index (χ4v) is 2.04. The number of thioether (sulfide) groups is 1. The number of hydrogen-bond donors (Lipinski definition) is 0. The molecule has 18 heavy (non-hydrogen) atoms. The van der Waals surface area contributed by atoms with E-state index in [9.17, 15) is 18.0 Å². The number of rotatable bonds is 2. The number of carbonyl (C=O) groups excluding carboxylic acids is 1. The van der Waals surface area contributed by atoms with Crippen LogP contribution in [0.15, 0.2) is 17.0 Å². The second kappa shape index (κ2) is 5.31. The van der Waals surface area contributed by atoms with Crippen molar-refractivity contribution in [2.24, 2.45) is 0 Å². The Bertz CT molecular complexity index is 520. The van der Waals surface area contributed by atoms with Crippen molar-refractivity contribution < 1.29 is 22.7 Å². The smallest absolute Gasteiger partial charge is 0.446 e. The maximum Gasteiger partial charge on any atom is 0.446 e. The van der Waals surface area contributed by atoms with Crippen molar-refractivity contribution in [3.63, 3.8) is 0 Å². The average molecular weight is 275 g/mol. The van der Waals surface area contributed by atoms with Crippen molar-refractivity contribution in [1.29, 1.82) is 5.26 Å². The second-order valence-electron chi connectivity index (χ2n) is 3.34. The average Bonchev–Trinajstić information content (AvgIpc) is 2.28. The maximum absolute atomic E-state index is 12.4. The van der Waals surface area contributed by atoms with Crippen LogP contribution in [0.5, 0.6) is 0 Å². The van der Waals surface area contributed by atoms with Gasteiger partial charge in [0, 0.05) is 4.90 Å². The number of carbonyl (C=O) groups is 1. The molecule has 0 heterocycles. The summed E-state index contributed by atoms with van der Waals surface area (Å²) in [5.41, 5.74) is -4.52. The number of benzene rings is 1. The summed E-state index contributed by atoms with van der Waals surface area (Å²) in [6.07, 6.45) is 0. The van der Waals surface area contributed by atoms with Crippen LogP contribution >= 0.6 is 11.8 Å². The van der Waals surface area contributed by atoms with Crippen LogP contribution in [0.25, 0.3) is 0 Å². The Balaban J connectivity index is 3.44. The summed E-state index contributed by atoms with van der Waals surface area (Å²) in [6, 6.07) is 4.21. The highest BCUT2D eigenvalue weighted by molar-refractivity contribution is 8.00. The quantitative estimate of drug-likeness (QED) is 0.614. The maximum atomic E-state index is 12.4. The molecule has 0 N–H and O–H groups in total. The first-order chi connectivity index (χ1) is 8.28. The number of methoxy groups -OCH3 is 1. The summed E-state index contributed by atoms with van der Waals surface area (Å²) in [5, 5.41) is 8.84. The lowest BCUT2D eigenvalue weighted by Gasteiger charge is -2.12. The molecule has 0 radical (unpaired) electrons. The van der Waals surface area contributed by atoms with E-state index in [1.807, 2.05) is 0 Å². The van der Waals surface area contributed by atoms with Crippen molar-refractivity contribution in [3.8, 4) is 6.07 Å². The molecule has 7 heteroatoms. The van der Waals surface area contributed by atoms with Crippen LogP contribution in [-0.4, -0.2) is 18.6 Å². The lowest BCUT2D eigenvalue weighted by molar-refractivity contribution is -0.0328. The van der Waals surface area contributed by atoms with Crippen molar-refractivity contribution in [2.45, 2.75) is 17.3 Å². The lowest BCUT2D eigenvalue weighted by atomic mass is 10.1. The van der Waals surface area contributed by atoms with Crippen LogP contribution in [0.2, 0.25) is 0 Å². The highest BCUT2D eigenvalue weighted by atomic mass is 32.2. The van der Waals surface area contributed by atoms with Gasteiger partial charge in [0.25, 0.3) is 0 Å². The van der Waals surface area contributed by atoms with Gasteiger partial charge < -0.3 is 4.74 Å². The number of nitriles is 1. The molecule has 0 fully saturated rings. The molecule has 0 aliphatic heterocycles. The fraction of sp³-hybridized carbons (Fsp3) is 0.273. The van der Waals surface area contributed by atoms with Gasteiger partial charge in [0.2, 0.25) is 0 Å². The minimum atomic E-state index is -4.58. The summed E-state index contributed by atoms with van der Waals surface area (Å²) in [5.74, 6) is -0.901. The predicted octanol–water partition coefficient (Wildman–Crippen LogP) is 3.27. The number of esters is 1. The number of alkyl halides is 3. The van der Waals surface area contributed by atoms with E-state index in [-0.39, 0.29) is 11.1 Å². The van der Waals surface area contributed by atoms with E-state index in [0.29, 0.717) is 5.56 Å². The van der Waals surface area contributed by atoms with Crippen molar-refractivity contribution in [1.82, 2.24) is 0 Å². The molecule has 1 aromatic carbocycles. The van der Waals surface area contributed by atoms with Gasteiger partial charge in [-0.2, -0.15) is 18.4 Å². The van der Waals surface area contributed by atoms with Crippen molar-refractivity contribution in [2.75, 3.05) is 7.11 Å². The molecule has 96 valence electrons. The Morgan fingerprint density at radius 3 is 2.50 bits per heavy atom. The normalized spacial score (nSPS) is 10.9. The lowest BCUT2D eigenvalue weighted by Crippen LogP contribution is -2.09. The summed E-state index contributed by atoms with van der Waals surface area (Å²) < 4.78 is 41.6. The first kappa shape index (κ1) is 14.4. The van der Waals surface area contributed by atoms with Gasteiger partial charge in [0.15, 0.2) is 0 Å². The number of hydrogen-bond acceptors (Lipinski definition) is 4. The molecule has 0 aromatic heterocycles. The van der Waals surface area contributed by atoms with E-state index in [4.69, 9.17) is 5.26 Å². The van der Waals surface area contributed by atoms with Gasteiger partial charge in [-0.05, 0) is 36.4 Å². The summed E-state index contributed by atoms with van der Waals surface area (Å²) in [7, 11) is 1.07. The van der Waals surface area contributed by atoms with E-state index in [2.05, 4.69) is 4.74 Å². The number of nitrogens with zero attached hydrogens (tertiary/aromatic N) is 1. The SMILES string of the molecule is COC(=O)c1cc(C)cc(C#N)c1SC(F)(F)F. The third-order valence-corrected chi connectivity index (χ3v) is 2.85. The zero-order chi connectivity index (χ0) is 13.9. The van der Waals surface area contributed by atoms with Crippen LogP contribution in [0.3, 0.4) is 0 Å². The molecule has 0 aliphatic carbocycles. The zero-order valence-electron chi connectivity index (χ0n) is 9.46. The van der Waals surface area contributed by atoms with Crippen LogP contribution in [0.1, 0.15) is 21.5 Å². The van der Waals surface area contributed by atoms with E-state index in [0.717, 1.165) is 7.11 Å². The molecule has 1 rings (SSSR count). The van der Waals surface area contributed by atoms with Crippen LogP contribution < -0.4 is 0 Å². The third-order valence-electron chi connectivity index (χ3n) is 1.98. The number of aryl methyl sites for hydroxylation is 1. The van der Waals surface area contributed by atoms with Gasteiger partial charge in [-0.25, -0.2) is 4.79 Å². The molecule has 0 bridgehead atoms. The topological polar surface area (TPSA) is 50.1 Å². The standard InChI is InChI=1S/C11H8F3NO2S/c1-6-3-7(5-15)9(18-11(12,13)14)8(4-6)10(16)17-2/h3-4H,1-2H3. The molecule has 0 saturated carbocycles. The Hall–Kier alpha value is -1.68. The summed E-state index contributed by atoms with van der Waals surface area (Å²) in [4.78, 5) is 11.0. The molecule has 0 amide bonds. The van der Waals surface area contributed by atoms with Gasteiger partial charge in [-0.15, -0.1) is 0 Å². The van der Waals surface area contributed by atoms with Crippen LogP contribution in [-0.2, 0) is 4.74 Å². The molecular formula is C11H8F3NO2S. The summed E-state index contributed by atoms with van der Waals surface area (Å²) in [6.45, 7) is 1.58. The van der Waals surface area contributed by atoms with E-state index in [1.165, 1.54) is 12.1 Å².